The SMILES string of the molecule is COc1ccc(S(=O)(=O)N(CC(=O)Nc2ccc(C(F)(F)F)cc2)c2ccc(F)cc2)cc1OC. The van der Waals surface area contributed by atoms with Crippen LogP contribution in [0.4, 0.5) is 28.9 Å². The number of hydrogen-bond acceptors (Lipinski definition) is 5. The molecule has 0 radical (unpaired) electrons. The van der Waals surface area contributed by atoms with Gasteiger partial charge in [-0.1, -0.05) is 0 Å². The van der Waals surface area contributed by atoms with Crippen LogP contribution >= 0.6 is 0 Å². The highest BCUT2D eigenvalue weighted by molar-refractivity contribution is 7.92. The molecule has 1 amide bonds. The van der Waals surface area contributed by atoms with Crippen molar-refractivity contribution in [2.45, 2.75) is 11.1 Å². The van der Waals surface area contributed by atoms with Crippen molar-refractivity contribution >= 4 is 27.3 Å². The van der Waals surface area contributed by atoms with Crippen molar-refractivity contribution in [1.82, 2.24) is 0 Å². The second kappa shape index (κ2) is 10.2. The van der Waals surface area contributed by atoms with Crippen molar-refractivity contribution in [2.24, 2.45) is 0 Å². The number of carbonyl (C=O) groups is 1. The highest BCUT2D eigenvalue weighted by atomic mass is 32.2. The number of rotatable bonds is 8. The molecule has 35 heavy (non-hydrogen) atoms. The van der Waals surface area contributed by atoms with E-state index in [1.165, 1.54) is 44.6 Å². The summed E-state index contributed by atoms with van der Waals surface area (Å²) in [5.74, 6) is -1.05. The Morgan fingerprint density at radius 3 is 2.06 bits per heavy atom. The summed E-state index contributed by atoms with van der Waals surface area (Å²) in [7, 11) is -1.67. The van der Waals surface area contributed by atoms with E-state index in [1.54, 1.807) is 0 Å². The van der Waals surface area contributed by atoms with Crippen molar-refractivity contribution in [2.75, 3.05) is 30.4 Å². The van der Waals surface area contributed by atoms with Crippen molar-refractivity contribution < 1.29 is 40.2 Å². The molecule has 0 bridgehead atoms. The van der Waals surface area contributed by atoms with E-state index < -0.39 is 40.0 Å². The lowest BCUT2D eigenvalue weighted by Gasteiger charge is -2.24. The molecular formula is C23H20F4N2O5S. The molecule has 0 atom stereocenters. The Hall–Kier alpha value is -3.80. The van der Waals surface area contributed by atoms with Gasteiger partial charge in [0, 0.05) is 11.8 Å². The van der Waals surface area contributed by atoms with Gasteiger partial charge < -0.3 is 14.8 Å². The van der Waals surface area contributed by atoms with E-state index in [0.717, 1.165) is 40.7 Å². The maximum Gasteiger partial charge on any atom is 0.416 e. The first-order valence-electron chi connectivity index (χ1n) is 9.93. The van der Waals surface area contributed by atoms with E-state index in [9.17, 15) is 30.8 Å². The van der Waals surface area contributed by atoms with Gasteiger partial charge in [0.2, 0.25) is 5.91 Å². The van der Waals surface area contributed by atoms with Crippen LogP contribution < -0.4 is 19.1 Å². The van der Waals surface area contributed by atoms with E-state index in [0.29, 0.717) is 0 Å². The summed E-state index contributed by atoms with van der Waals surface area (Å²) in [5, 5.41) is 2.37. The van der Waals surface area contributed by atoms with Gasteiger partial charge in [-0.05, 0) is 60.7 Å². The Labute approximate surface area is 198 Å². The standard InChI is InChI=1S/C23H20F4N2O5S/c1-33-20-12-11-19(13-21(20)34-2)35(31,32)29(18-9-5-16(24)6-10-18)14-22(30)28-17-7-3-15(4-8-17)23(25,26)27/h3-13H,14H2,1-2H3,(H,28,30). The number of amides is 1. The van der Waals surface area contributed by atoms with Gasteiger partial charge in [-0.3, -0.25) is 9.10 Å². The van der Waals surface area contributed by atoms with Crippen LogP contribution in [0.3, 0.4) is 0 Å². The fourth-order valence-corrected chi connectivity index (χ4v) is 4.54. The number of sulfonamides is 1. The van der Waals surface area contributed by atoms with E-state index in [1.807, 2.05) is 0 Å². The Morgan fingerprint density at radius 2 is 1.51 bits per heavy atom. The number of benzene rings is 3. The zero-order valence-electron chi connectivity index (χ0n) is 18.5. The number of hydrogen-bond donors (Lipinski definition) is 1. The number of ether oxygens (including phenoxy) is 2. The van der Waals surface area contributed by atoms with Crippen LogP contribution in [0.5, 0.6) is 11.5 Å². The van der Waals surface area contributed by atoms with Crippen molar-refractivity contribution in [3.63, 3.8) is 0 Å². The quantitative estimate of drug-likeness (QED) is 0.443. The zero-order valence-corrected chi connectivity index (χ0v) is 19.3. The summed E-state index contributed by atoms with van der Waals surface area (Å²) < 4.78 is 89.7. The van der Waals surface area contributed by atoms with Crippen molar-refractivity contribution in [3.8, 4) is 11.5 Å². The fraction of sp³-hybridized carbons (Fsp3) is 0.174. The Bertz CT molecular complexity index is 1290. The van der Waals surface area contributed by atoms with Gasteiger partial charge in [0.1, 0.15) is 12.4 Å². The molecule has 0 unspecified atom stereocenters. The van der Waals surface area contributed by atoms with Crippen molar-refractivity contribution in [1.29, 1.82) is 0 Å². The lowest BCUT2D eigenvalue weighted by Crippen LogP contribution is -2.38. The molecule has 0 aliphatic heterocycles. The molecule has 186 valence electrons. The first kappa shape index (κ1) is 25.8. The van der Waals surface area contributed by atoms with Crippen LogP contribution in [-0.4, -0.2) is 35.1 Å². The van der Waals surface area contributed by atoms with E-state index in [4.69, 9.17) is 9.47 Å². The fourth-order valence-electron chi connectivity index (χ4n) is 3.10. The molecule has 0 aromatic heterocycles. The number of carbonyl (C=O) groups excluding carboxylic acids is 1. The van der Waals surface area contributed by atoms with E-state index >= 15 is 0 Å². The number of alkyl halides is 3. The molecule has 3 rings (SSSR count). The third-order valence-corrected chi connectivity index (χ3v) is 6.61. The number of methoxy groups -OCH3 is 2. The van der Waals surface area contributed by atoms with Gasteiger partial charge in [0.05, 0.1) is 30.4 Å². The molecule has 3 aromatic rings. The molecule has 0 heterocycles. The van der Waals surface area contributed by atoms with Crippen LogP contribution in [0.1, 0.15) is 5.56 Å². The number of nitrogens with zero attached hydrogens (tertiary/aromatic N) is 1. The summed E-state index contributed by atoms with van der Waals surface area (Å²) in [6, 6.07) is 11.9. The normalized spacial score (nSPS) is 11.6. The number of nitrogens with one attached hydrogen (secondary N) is 1. The molecule has 0 spiro atoms. The average Bonchev–Trinajstić information content (AvgIpc) is 2.82. The lowest BCUT2D eigenvalue weighted by atomic mass is 10.2. The van der Waals surface area contributed by atoms with Crippen LogP contribution in [0.15, 0.2) is 71.6 Å². The summed E-state index contributed by atoms with van der Waals surface area (Å²) in [4.78, 5) is 12.5. The minimum Gasteiger partial charge on any atom is -0.493 e. The van der Waals surface area contributed by atoms with Crippen LogP contribution in [-0.2, 0) is 21.0 Å². The molecule has 0 saturated heterocycles. The minimum absolute atomic E-state index is 0.0104. The van der Waals surface area contributed by atoms with Gasteiger partial charge in [-0.25, -0.2) is 12.8 Å². The Morgan fingerprint density at radius 1 is 0.914 bits per heavy atom. The molecular weight excluding hydrogens is 492 g/mol. The van der Waals surface area contributed by atoms with Gasteiger partial charge in [0.15, 0.2) is 11.5 Å². The number of halogens is 4. The van der Waals surface area contributed by atoms with Crippen LogP contribution in [0.2, 0.25) is 0 Å². The molecule has 3 aromatic carbocycles. The number of anilines is 2. The van der Waals surface area contributed by atoms with Gasteiger partial charge in [-0.2, -0.15) is 13.2 Å². The minimum atomic E-state index is -4.55. The largest absolute Gasteiger partial charge is 0.493 e. The molecule has 1 N–H and O–H groups in total. The molecule has 0 aliphatic carbocycles. The Kier molecular flexibility index (Phi) is 7.54. The van der Waals surface area contributed by atoms with Crippen LogP contribution in [0, 0.1) is 5.82 Å². The van der Waals surface area contributed by atoms with Crippen molar-refractivity contribution in [3.05, 3.63) is 78.1 Å². The lowest BCUT2D eigenvalue weighted by molar-refractivity contribution is -0.137. The maximum absolute atomic E-state index is 13.5. The molecule has 12 heteroatoms. The topological polar surface area (TPSA) is 84.9 Å². The average molecular weight is 512 g/mol. The first-order valence-corrected chi connectivity index (χ1v) is 11.4. The summed E-state index contributed by atoms with van der Waals surface area (Å²) in [6.07, 6.45) is -4.55. The van der Waals surface area contributed by atoms with E-state index in [-0.39, 0.29) is 27.8 Å². The van der Waals surface area contributed by atoms with Gasteiger partial charge in [0.25, 0.3) is 10.0 Å². The van der Waals surface area contributed by atoms with Crippen LogP contribution in [0.25, 0.3) is 0 Å². The monoisotopic (exact) mass is 512 g/mol. The molecule has 0 saturated carbocycles. The highest BCUT2D eigenvalue weighted by Crippen LogP contribution is 2.33. The summed E-state index contributed by atoms with van der Waals surface area (Å²) in [6.45, 7) is -0.747. The third kappa shape index (κ3) is 6.01. The van der Waals surface area contributed by atoms with E-state index in [2.05, 4.69) is 5.32 Å². The third-order valence-electron chi connectivity index (χ3n) is 4.84. The first-order chi connectivity index (χ1) is 16.5. The predicted molar refractivity (Wildman–Crippen MR) is 121 cm³/mol. The van der Waals surface area contributed by atoms with Gasteiger partial charge >= 0.3 is 6.18 Å². The summed E-state index contributed by atoms with van der Waals surface area (Å²) in [5.41, 5.74) is -0.881. The molecule has 7 nitrogen and oxygen atoms in total. The second-order valence-corrected chi connectivity index (χ2v) is 8.99. The molecule has 0 aliphatic rings. The second-order valence-electron chi connectivity index (χ2n) is 7.13. The smallest absolute Gasteiger partial charge is 0.416 e. The Balaban J connectivity index is 1.93. The molecule has 0 fully saturated rings. The highest BCUT2D eigenvalue weighted by Gasteiger charge is 2.31. The summed E-state index contributed by atoms with van der Waals surface area (Å²) >= 11 is 0. The zero-order chi connectivity index (χ0) is 25.8. The van der Waals surface area contributed by atoms with Gasteiger partial charge in [-0.15, -0.1) is 0 Å². The maximum atomic E-state index is 13.5. The predicted octanol–water partition coefficient (Wildman–Crippen LogP) is 4.70.